The van der Waals surface area contributed by atoms with Gasteiger partial charge in [-0.15, -0.1) is 0 Å². The Labute approximate surface area is 95.0 Å². The minimum atomic E-state index is -0.980. The molecule has 0 amide bonds. The van der Waals surface area contributed by atoms with Crippen molar-refractivity contribution in [2.75, 3.05) is 6.61 Å². The fourth-order valence-electron chi connectivity index (χ4n) is 1.28. The van der Waals surface area contributed by atoms with Crippen LogP contribution in [0, 0.1) is 0 Å². The number of ether oxygens (including phenoxy) is 1. The third kappa shape index (κ3) is 3.90. The number of nitrogens with two attached hydrogens (primary N) is 1. The van der Waals surface area contributed by atoms with Crippen molar-refractivity contribution in [3.8, 4) is 5.75 Å². The van der Waals surface area contributed by atoms with Gasteiger partial charge in [-0.1, -0.05) is 19.1 Å². The molecule has 0 aliphatic rings. The van der Waals surface area contributed by atoms with Gasteiger partial charge >= 0.3 is 5.97 Å². The molecule has 0 aliphatic heterocycles. The molecule has 1 aromatic rings. The lowest BCUT2D eigenvalue weighted by Crippen LogP contribution is -2.32. The fourth-order valence-corrected chi connectivity index (χ4v) is 1.28. The van der Waals surface area contributed by atoms with Crippen LogP contribution in [0.3, 0.4) is 0 Å². The normalized spacial score (nSPS) is 12.1. The van der Waals surface area contributed by atoms with E-state index in [1.807, 2.05) is 31.2 Å². The third-order valence-electron chi connectivity index (χ3n) is 2.17. The summed E-state index contributed by atoms with van der Waals surface area (Å²) >= 11 is 0. The number of carboxylic acid groups (broad SMARTS) is 1. The largest absolute Gasteiger partial charge is 0.494 e. The molecule has 88 valence electrons. The Balaban J connectivity index is 2.54. The lowest BCUT2D eigenvalue weighted by atomic mass is 10.1. The molecule has 0 spiro atoms. The molecule has 1 rings (SSSR count). The highest BCUT2D eigenvalue weighted by Crippen LogP contribution is 2.13. The van der Waals surface area contributed by atoms with Gasteiger partial charge in [-0.3, -0.25) is 4.79 Å². The Morgan fingerprint density at radius 1 is 1.44 bits per heavy atom. The van der Waals surface area contributed by atoms with Crippen molar-refractivity contribution in [2.24, 2.45) is 5.73 Å². The number of hydrogen-bond acceptors (Lipinski definition) is 3. The van der Waals surface area contributed by atoms with Gasteiger partial charge in [-0.05, 0) is 30.5 Å². The summed E-state index contributed by atoms with van der Waals surface area (Å²) in [7, 11) is 0. The molecule has 4 nitrogen and oxygen atoms in total. The van der Waals surface area contributed by atoms with E-state index in [-0.39, 0.29) is 0 Å². The summed E-state index contributed by atoms with van der Waals surface area (Å²) in [6.07, 6.45) is 1.30. The van der Waals surface area contributed by atoms with E-state index >= 15 is 0 Å². The van der Waals surface area contributed by atoms with Gasteiger partial charge in [0.15, 0.2) is 0 Å². The van der Waals surface area contributed by atoms with Gasteiger partial charge in [0.25, 0.3) is 0 Å². The zero-order chi connectivity index (χ0) is 12.0. The van der Waals surface area contributed by atoms with Gasteiger partial charge in [0, 0.05) is 0 Å². The van der Waals surface area contributed by atoms with Gasteiger partial charge < -0.3 is 15.6 Å². The second-order valence-corrected chi connectivity index (χ2v) is 3.64. The van der Waals surface area contributed by atoms with Crippen molar-refractivity contribution in [1.29, 1.82) is 0 Å². The zero-order valence-electron chi connectivity index (χ0n) is 9.35. The molecule has 0 heterocycles. The molecule has 4 heteroatoms. The van der Waals surface area contributed by atoms with Crippen LogP contribution in [0.2, 0.25) is 0 Å². The fraction of sp³-hybridized carbons (Fsp3) is 0.417. The molecular formula is C12H17NO3. The van der Waals surface area contributed by atoms with E-state index in [2.05, 4.69) is 0 Å². The molecule has 1 unspecified atom stereocenters. The Bertz CT molecular complexity index is 335. The smallest absolute Gasteiger partial charge is 0.320 e. The van der Waals surface area contributed by atoms with Crippen LogP contribution in [0.15, 0.2) is 24.3 Å². The Kier molecular flexibility index (Phi) is 4.79. The monoisotopic (exact) mass is 223 g/mol. The van der Waals surface area contributed by atoms with Crippen LogP contribution in [0.1, 0.15) is 18.9 Å². The number of benzene rings is 1. The van der Waals surface area contributed by atoms with Crippen molar-refractivity contribution < 1.29 is 14.6 Å². The summed E-state index contributed by atoms with van der Waals surface area (Å²) in [5, 5.41) is 8.66. The topological polar surface area (TPSA) is 72.5 Å². The Hall–Kier alpha value is -1.55. The molecule has 1 atom stereocenters. The summed E-state index contributed by atoms with van der Waals surface area (Å²) in [4.78, 5) is 10.6. The van der Waals surface area contributed by atoms with Crippen molar-refractivity contribution in [1.82, 2.24) is 0 Å². The first-order chi connectivity index (χ1) is 7.63. The minimum absolute atomic E-state index is 0.337. The molecule has 3 N–H and O–H groups in total. The van der Waals surface area contributed by atoms with Crippen LogP contribution >= 0.6 is 0 Å². The van der Waals surface area contributed by atoms with Crippen molar-refractivity contribution in [3.63, 3.8) is 0 Å². The van der Waals surface area contributed by atoms with Gasteiger partial charge in [0.1, 0.15) is 11.8 Å². The molecular weight excluding hydrogens is 206 g/mol. The van der Waals surface area contributed by atoms with Gasteiger partial charge in [0.05, 0.1) is 6.61 Å². The minimum Gasteiger partial charge on any atom is -0.494 e. The summed E-state index contributed by atoms with van der Waals surface area (Å²) < 4.78 is 5.42. The predicted octanol–water partition coefficient (Wildman–Crippen LogP) is 1.43. The highest BCUT2D eigenvalue weighted by atomic mass is 16.5. The maximum atomic E-state index is 10.6. The van der Waals surface area contributed by atoms with E-state index in [9.17, 15) is 4.79 Å². The standard InChI is InChI=1S/C12H17NO3/c1-2-7-16-10-5-3-9(4-6-10)8-11(13)12(14)15/h3-6,11H,2,7-8,13H2,1H3,(H,14,15). The van der Waals surface area contributed by atoms with Gasteiger partial charge in [0.2, 0.25) is 0 Å². The average molecular weight is 223 g/mol. The molecule has 0 radical (unpaired) electrons. The van der Waals surface area contributed by atoms with E-state index in [0.717, 1.165) is 17.7 Å². The summed E-state index contributed by atoms with van der Waals surface area (Å²) in [5.41, 5.74) is 6.34. The molecule has 0 aliphatic carbocycles. The van der Waals surface area contributed by atoms with Crippen molar-refractivity contribution >= 4 is 5.97 Å². The SMILES string of the molecule is CCCOc1ccc(CC(N)C(=O)O)cc1. The highest BCUT2D eigenvalue weighted by molar-refractivity contribution is 5.73. The number of carboxylic acids is 1. The lowest BCUT2D eigenvalue weighted by molar-refractivity contribution is -0.138. The number of hydrogen-bond donors (Lipinski definition) is 2. The molecule has 16 heavy (non-hydrogen) atoms. The zero-order valence-corrected chi connectivity index (χ0v) is 9.35. The molecule has 0 bridgehead atoms. The number of aliphatic carboxylic acids is 1. The van der Waals surface area contributed by atoms with E-state index < -0.39 is 12.0 Å². The first kappa shape index (κ1) is 12.5. The van der Waals surface area contributed by atoms with Crippen molar-refractivity contribution in [2.45, 2.75) is 25.8 Å². The number of rotatable bonds is 6. The van der Waals surface area contributed by atoms with Crippen LogP contribution in [0.5, 0.6) is 5.75 Å². The maximum absolute atomic E-state index is 10.6. The molecule has 0 aromatic heterocycles. The lowest BCUT2D eigenvalue weighted by Gasteiger charge is -2.08. The van der Waals surface area contributed by atoms with E-state index in [0.29, 0.717) is 13.0 Å². The predicted molar refractivity (Wildman–Crippen MR) is 61.5 cm³/mol. The van der Waals surface area contributed by atoms with Crippen LogP contribution in [-0.4, -0.2) is 23.7 Å². The van der Waals surface area contributed by atoms with Crippen LogP contribution in [0.25, 0.3) is 0 Å². The average Bonchev–Trinajstić information content (AvgIpc) is 2.28. The van der Waals surface area contributed by atoms with Crippen LogP contribution in [0.4, 0.5) is 0 Å². The van der Waals surface area contributed by atoms with Gasteiger partial charge in [-0.2, -0.15) is 0 Å². The first-order valence-corrected chi connectivity index (χ1v) is 5.33. The van der Waals surface area contributed by atoms with E-state index in [1.54, 1.807) is 0 Å². The Morgan fingerprint density at radius 2 is 2.06 bits per heavy atom. The van der Waals surface area contributed by atoms with Crippen molar-refractivity contribution in [3.05, 3.63) is 29.8 Å². The summed E-state index contributed by atoms with van der Waals surface area (Å²) in [6, 6.07) is 6.50. The first-order valence-electron chi connectivity index (χ1n) is 5.33. The number of carbonyl (C=O) groups is 1. The van der Waals surface area contributed by atoms with Crippen LogP contribution < -0.4 is 10.5 Å². The molecule has 0 fully saturated rings. The second-order valence-electron chi connectivity index (χ2n) is 3.64. The molecule has 1 aromatic carbocycles. The summed E-state index contributed by atoms with van der Waals surface area (Å²) in [5.74, 6) is -0.180. The summed E-state index contributed by atoms with van der Waals surface area (Å²) in [6.45, 7) is 2.73. The van der Waals surface area contributed by atoms with Gasteiger partial charge in [-0.25, -0.2) is 0 Å². The van der Waals surface area contributed by atoms with E-state index in [4.69, 9.17) is 15.6 Å². The maximum Gasteiger partial charge on any atom is 0.320 e. The highest BCUT2D eigenvalue weighted by Gasteiger charge is 2.11. The second kappa shape index (κ2) is 6.12. The molecule has 0 saturated carbocycles. The Morgan fingerprint density at radius 3 is 2.56 bits per heavy atom. The molecule has 0 saturated heterocycles. The third-order valence-corrected chi connectivity index (χ3v) is 2.17. The quantitative estimate of drug-likeness (QED) is 0.765. The van der Waals surface area contributed by atoms with E-state index in [1.165, 1.54) is 0 Å². The van der Waals surface area contributed by atoms with Crippen LogP contribution in [-0.2, 0) is 11.2 Å².